The first-order valence-corrected chi connectivity index (χ1v) is 6.44. The molecule has 0 saturated carbocycles. The lowest BCUT2D eigenvalue weighted by Crippen LogP contribution is -2.42. The van der Waals surface area contributed by atoms with Crippen LogP contribution in [0.1, 0.15) is 47.0 Å². The summed E-state index contributed by atoms with van der Waals surface area (Å²) in [5.74, 6) is -0.388. The molecule has 0 aromatic heterocycles. The van der Waals surface area contributed by atoms with Crippen molar-refractivity contribution in [1.82, 2.24) is 5.32 Å². The van der Waals surface area contributed by atoms with E-state index in [1.54, 1.807) is 0 Å². The summed E-state index contributed by atoms with van der Waals surface area (Å²) in [6.45, 7) is 8.86. The van der Waals surface area contributed by atoms with Crippen LogP contribution in [-0.2, 0) is 9.53 Å². The maximum Gasteiger partial charge on any atom is 0.320 e. The molecule has 1 heterocycles. The molecule has 0 bridgehead atoms. The zero-order valence-corrected chi connectivity index (χ0v) is 11.3. The Morgan fingerprint density at radius 2 is 2.18 bits per heavy atom. The third kappa shape index (κ3) is 5.04. The molecule has 0 radical (unpaired) electrons. The van der Waals surface area contributed by atoms with Gasteiger partial charge >= 0.3 is 5.97 Å². The van der Waals surface area contributed by atoms with Gasteiger partial charge in [-0.25, -0.2) is 0 Å². The van der Waals surface area contributed by atoms with E-state index >= 15 is 0 Å². The van der Waals surface area contributed by atoms with Crippen LogP contribution in [0.3, 0.4) is 0 Å². The van der Waals surface area contributed by atoms with Crippen molar-refractivity contribution in [3.63, 3.8) is 0 Å². The molecule has 2 unspecified atom stereocenters. The molecule has 100 valence electrons. The minimum Gasteiger partial charge on any atom is -0.480 e. The number of aliphatic carboxylic acids is 1. The molecule has 0 aromatic carbocycles. The summed E-state index contributed by atoms with van der Waals surface area (Å²) in [5.41, 5.74) is -0.0525. The Labute approximate surface area is 104 Å². The Kier molecular flexibility index (Phi) is 4.95. The molecule has 1 rings (SSSR count). The van der Waals surface area contributed by atoms with Crippen LogP contribution in [-0.4, -0.2) is 35.4 Å². The average Bonchev–Trinajstić information content (AvgIpc) is 2.52. The molecule has 0 amide bonds. The first-order valence-electron chi connectivity index (χ1n) is 6.44. The molecule has 0 spiro atoms. The van der Waals surface area contributed by atoms with Crippen LogP contribution in [0.5, 0.6) is 0 Å². The summed E-state index contributed by atoms with van der Waals surface area (Å²) in [7, 11) is 0. The van der Waals surface area contributed by atoms with E-state index in [-0.39, 0.29) is 11.7 Å². The molecule has 1 saturated heterocycles. The molecule has 2 N–H and O–H groups in total. The summed E-state index contributed by atoms with van der Waals surface area (Å²) in [6, 6.07) is -0.456. The minimum absolute atomic E-state index is 0.0525. The van der Waals surface area contributed by atoms with Gasteiger partial charge in [-0.3, -0.25) is 4.79 Å². The number of rotatable bonds is 6. The maximum absolute atomic E-state index is 11.1. The predicted octanol–water partition coefficient (Wildman–Crippen LogP) is 2.03. The van der Waals surface area contributed by atoms with Crippen LogP contribution in [0.25, 0.3) is 0 Å². The van der Waals surface area contributed by atoms with Crippen molar-refractivity contribution in [3.05, 3.63) is 0 Å². The largest absolute Gasteiger partial charge is 0.480 e. The second-order valence-corrected chi connectivity index (χ2v) is 5.97. The van der Waals surface area contributed by atoms with Crippen molar-refractivity contribution >= 4 is 5.97 Å². The topological polar surface area (TPSA) is 58.6 Å². The Bertz CT molecular complexity index is 263. The number of nitrogens with one attached hydrogen (secondary N) is 1. The summed E-state index contributed by atoms with van der Waals surface area (Å²) in [4.78, 5) is 11.1. The Hall–Kier alpha value is -0.610. The lowest BCUT2D eigenvalue weighted by molar-refractivity contribution is -0.140. The number of hydrogen-bond acceptors (Lipinski definition) is 3. The van der Waals surface area contributed by atoms with Gasteiger partial charge in [0.1, 0.15) is 6.04 Å². The number of carbonyl (C=O) groups is 1. The van der Waals surface area contributed by atoms with Gasteiger partial charge < -0.3 is 15.2 Å². The van der Waals surface area contributed by atoms with Crippen molar-refractivity contribution in [1.29, 1.82) is 0 Å². The molecule has 0 aliphatic carbocycles. The van der Waals surface area contributed by atoms with E-state index in [4.69, 9.17) is 9.84 Å². The monoisotopic (exact) mass is 243 g/mol. The van der Waals surface area contributed by atoms with E-state index in [9.17, 15) is 4.79 Å². The molecule has 1 aliphatic heterocycles. The fourth-order valence-corrected chi connectivity index (χ4v) is 2.24. The van der Waals surface area contributed by atoms with E-state index in [2.05, 4.69) is 19.2 Å². The molecular formula is C13H25NO3. The van der Waals surface area contributed by atoms with Crippen molar-refractivity contribution in [2.75, 3.05) is 6.54 Å². The molecule has 0 aromatic rings. The Balaban J connectivity index is 2.35. The maximum atomic E-state index is 11.1. The van der Waals surface area contributed by atoms with E-state index in [1.165, 1.54) is 0 Å². The van der Waals surface area contributed by atoms with Gasteiger partial charge in [-0.2, -0.15) is 0 Å². The van der Waals surface area contributed by atoms with Gasteiger partial charge in [0, 0.05) is 6.54 Å². The molecule has 4 nitrogen and oxygen atoms in total. The van der Waals surface area contributed by atoms with Crippen molar-refractivity contribution in [3.8, 4) is 0 Å². The second-order valence-electron chi connectivity index (χ2n) is 5.97. The number of hydrogen-bond donors (Lipinski definition) is 2. The third-order valence-corrected chi connectivity index (χ3v) is 3.15. The SMILES string of the molecule is CC(C)CC(NCC1CCC(C)(C)O1)C(=O)O. The zero-order chi connectivity index (χ0) is 13.1. The van der Waals surface area contributed by atoms with Gasteiger partial charge in [0.05, 0.1) is 11.7 Å². The van der Waals surface area contributed by atoms with E-state index < -0.39 is 12.0 Å². The van der Waals surface area contributed by atoms with Crippen molar-refractivity contribution in [2.24, 2.45) is 5.92 Å². The zero-order valence-electron chi connectivity index (χ0n) is 11.3. The first-order chi connectivity index (χ1) is 7.80. The quantitative estimate of drug-likeness (QED) is 0.749. The highest BCUT2D eigenvalue weighted by molar-refractivity contribution is 5.73. The molecule has 17 heavy (non-hydrogen) atoms. The van der Waals surface area contributed by atoms with Crippen molar-refractivity contribution in [2.45, 2.75) is 64.7 Å². The third-order valence-electron chi connectivity index (χ3n) is 3.15. The fraction of sp³-hybridized carbons (Fsp3) is 0.923. The van der Waals surface area contributed by atoms with Gasteiger partial charge in [0.2, 0.25) is 0 Å². The van der Waals surface area contributed by atoms with E-state index in [1.807, 2.05) is 13.8 Å². The summed E-state index contributed by atoms with van der Waals surface area (Å²) in [5, 5.41) is 12.2. The molecule has 4 heteroatoms. The minimum atomic E-state index is -0.768. The molecule has 1 aliphatic rings. The number of carboxylic acid groups (broad SMARTS) is 1. The van der Waals surface area contributed by atoms with Crippen LogP contribution in [0.4, 0.5) is 0 Å². The van der Waals surface area contributed by atoms with Gasteiger partial charge in [0.15, 0.2) is 0 Å². The highest BCUT2D eigenvalue weighted by atomic mass is 16.5. The first kappa shape index (κ1) is 14.5. The average molecular weight is 243 g/mol. The second kappa shape index (κ2) is 5.83. The summed E-state index contributed by atoms with van der Waals surface area (Å²) < 4.78 is 5.83. The van der Waals surface area contributed by atoms with Crippen LogP contribution in [0, 0.1) is 5.92 Å². The lowest BCUT2D eigenvalue weighted by atomic mass is 10.0. The highest BCUT2D eigenvalue weighted by Gasteiger charge is 2.32. The lowest BCUT2D eigenvalue weighted by Gasteiger charge is -2.22. The number of ether oxygens (including phenoxy) is 1. The summed E-state index contributed by atoms with van der Waals surface area (Å²) in [6.07, 6.45) is 2.86. The van der Waals surface area contributed by atoms with Gasteiger partial charge in [-0.15, -0.1) is 0 Å². The molecule has 1 fully saturated rings. The van der Waals surface area contributed by atoms with Gasteiger partial charge in [-0.05, 0) is 39.0 Å². The highest BCUT2D eigenvalue weighted by Crippen LogP contribution is 2.28. The van der Waals surface area contributed by atoms with Crippen LogP contribution >= 0.6 is 0 Å². The van der Waals surface area contributed by atoms with Crippen LogP contribution in [0.2, 0.25) is 0 Å². The smallest absolute Gasteiger partial charge is 0.320 e. The fourth-order valence-electron chi connectivity index (χ4n) is 2.24. The van der Waals surface area contributed by atoms with E-state index in [0.29, 0.717) is 18.9 Å². The molecular weight excluding hydrogens is 218 g/mol. The van der Waals surface area contributed by atoms with E-state index in [0.717, 1.165) is 12.8 Å². The molecule has 2 atom stereocenters. The van der Waals surface area contributed by atoms with Gasteiger partial charge in [0.25, 0.3) is 0 Å². The van der Waals surface area contributed by atoms with Crippen LogP contribution in [0.15, 0.2) is 0 Å². The normalized spacial score (nSPS) is 25.1. The number of carboxylic acids is 1. The Morgan fingerprint density at radius 3 is 2.59 bits per heavy atom. The summed E-state index contributed by atoms with van der Waals surface area (Å²) >= 11 is 0. The predicted molar refractivity (Wildman–Crippen MR) is 67.1 cm³/mol. The van der Waals surface area contributed by atoms with Crippen LogP contribution < -0.4 is 5.32 Å². The van der Waals surface area contributed by atoms with Crippen molar-refractivity contribution < 1.29 is 14.6 Å². The Morgan fingerprint density at radius 1 is 1.53 bits per heavy atom. The standard InChI is InChI=1S/C13H25NO3/c1-9(2)7-11(12(15)16)14-8-10-5-6-13(3,4)17-10/h9-11,14H,5-8H2,1-4H3,(H,15,16). The van der Waals surface area contributed by atoms with Gasteiger partial charge in [-0.1, -0.05) is 13.8 Å².